The topological polar surface area (TPSA) is 26.0 Å². The van der Waals surface area contributed by atoms with Gasteiger partial charge in [-0.2, -0.15) is 11.8 Å². The van der Waals surface area contributed by atoms with Gasteiger partial charge < -0.3 is 5.73 Å². The summed E-state index contributed by atoms with van der Waals surface area (Å²) >= 11 is 2.07. The average Bonchev–Trinajstić information content (AvgIpc) is 2.05. The van der Waals surface area contributed by atoms with Crippen LogP contribution >= 0.6 is 11.8 Å². The molecule has 0 aromatic carbocycles. The van der Waals surface area contributed by atoms with Gasteiger partial charge in [0.1, 0.15) is 0 Å². The molecule has 0 aromatic rings. The lowest BCUT2D eigenvalue weighted by Gasteiger charge is -2.26. The lowest BCUT2D eigenvalue weighted by molar-refractivity contribution is 0.414. The molecule has 1 nitrogen and oxygen atoms in total. The maximum absolute atomic E-state index is 5.93. The molecule has 0 aromatic heterocycles. The molecule has 0 radical (unpaired) electrons. The minimum absolute atomic E-state index is 0.466. The molecule has 2 N–H and O–H groups in total. The zero-order valence-electron chi connectivity index (χ0n) is 6.68. The second-order valence-corrected chi connectivity index (χ2v) is 4.20. The van der Waals surface area contributed by atoms with Gasteiger partial charge in [-0.15, -0.1) is 0 Å². The summed E-state index contributed by atoms with van der Waals surface area (Å²) in [5.74, 6) is 3.46. The van der Waals surface area contributed by atoms with Gasteiger partial charge in [0.15, 0.2) is 0 Å². The highest BCUT2D eigenvalue weighted by molar-refractivity contribution is 7.99. The smallest absolute Gasteiger partial charge is 0.00724 e. The van der Waals surface area contributed by atoms with Crippen molar-refractivity contribution in [2.45, 2.75) is 32.2 Å². The fourth-order valence-electron chi connectivity index (χ4n) is 1.44. The Labute approximate surface area is 67.8 Å². The summed E-state index contributed by atoms with van der Waals surface area (Å²) in [5.41, 5.74) is 5.93. The Morgan fingerprint density at radius 2 is 2.50 bits per heavy atom. The van der Waals surface area contributed by atoms with Gasteiger partial charge in [0.25, 0.3) is 0 Å². The molecule has 2 heteroatoms. The Hall–Kier alpha value is 0.310. The van der Waals surface area contributed by atoms with E-state index < -0.39 is 0 Å². The van der Waals surface area contributed by atoms with Crippen molar-refractivity contribution in [3.63, 3.8) is 0 Å². The van der Waals surface area contributed by atoms with E-state index in [1.807, 2.05) is 0 Å². The van der Waals surface area contributed by atoms with Crippen molar-refractivity contribution >= 4 is 11.8 Å². The van der Waals surface area contributed by atoms with Crippen LogP contribution in [0.1, 0.15) is 26.2 Å². The van der Waals surface area contributed by atoms with Crippen molar-refractivity contribution in [2.75, 3.05) is 11.5 Å². The summed E-state index contributed by atoms with van der Waals surface area (Å²) in [7, 11) is 0. The summed E-state index contributed by atoms with van der Waals surface area (Å²) in [5, 5.41) is 0. The largest absolute Gasteiger partial charge is 0.327 e. The fourth-order valence-corrected chi connectivity index (χ4v) is 2.69. The molecule has 0 amide bonds. The van der Waals surface area contributed by atoms with Crippen LogP contribution in [0.3, 0.4) is 0 Å². The molecule has 2 unspecified atom stereocenters. The molecule has 10 heavy (non-hydrogen) atoms. The van der Waals surface area contributed by atoms with Crippen LogP contribution in [0.25, 0.3) is 0 Å². The van der Waals surface area contributed by atoms with Crippen LogP contribution in [0.15, 0.2) is 0 Å². The van der Waals surface area contributed by atoms with E-state index in [0.717, 1.165) is 12.3 Å². The van der Waals surface area contributed by atoms with Gasteiger partial charge in [-0.05, 0) is 36.7 Å². The van der Waals surface area contributed by atoms with Crippen LogP contribution < -0.4 is 5.73 Å². The minimum atomic E-state index is 0.466. The number of rotatable bonds is 2. The highest BCUT2D eigenvalue weighted by atomic mass is 32.2. The van der Waals surface area contributed by atoms with Crippen LogP contribution in [0, 0.1) is 5.92 Å². The van der Waals surface area contributed by atoms with E-state index in [-0.39, 0.29) is 0 Å². The van der Waals surface area contributed by atoms with Crippen molar-refractivity contribution in [3.8, 4) is 0 Å². The zero-order chi connectivity index (χ0) is 7.40. The Morgan fingerprint density at radius 3 is 3.00 bits per heavy atom. The van der Waals surface area contributed by atoms with E-state index in [1.54, 1.807) is 0 Å². The standard InChI is InChI=1S/C8H17NS/c1-2-8(9)7-4-3-5-10-6-7/h7-8H,2-6,9H2,1H3. The van der Waals surface area contributed by atoms with E-state index in [4.69, 9.17) is 5.73 Å². The Kier molecular flexibility index (Phi) is 3.57. The number of hydrogen-bond donors (Lipinski definition) is 1. The molecule has 1 rings (SSSR count). The highest BCUT2D eigenvalue weighted by Crippen LogP contribution is 2.25. The van der Waals surface area contributed by atoms with Gasteiger partial charge in [0.2, 0.25) is 0 Å². The minimum Gasteiger partial charge on any atom is -0.327 e. The Morgan fingerprint density at radius 1 is 1.70 bits per heavy atom. The first-order chi connectivity index (χ1) is 4.84. The van der Waals surface area contributed by atoms with Crippen molar-refractivity contribution in [1.29, 1.82) is 0 Å². The molecular weight excluding hydrogens is 142 g/mol. The van der Waals surface area contributed by atoms with Crippen LogP contribution in [-0.2, 0) is 0 Å². The molecule has 0 spiro atoms. The third kappa shape index (κ3) is 2.17. The SMILES string of the molecule is CCC(N)C1CCCSC1. The van der Waals surface area contributed by atoms with Gasteiger partial charge >= 0.3 is 0 Å². The second kappa shape index (κ2) is 4.24. The van der Waals surface area contributed by atoms with Gasteiger partial charge in [0, 0.05) is 6.04 Å². The summed E-state index contributed by atoms with van der Waals surface area (Å²) < 4.78 is 0. The molecule has 2 atom stereocenters. The van der Waals surface area contributed by atoms with E-state index in [2.05, 4.69) is 18.7 Å². The summed E-state index contributed by atoms with van der Waals surface area (Å²) in [6.45, 7) is 2.18. The molecule has 1 aliphatic rings. The lowest BCUT2D eigenvalue weighted by atomic mass is 9.95. The summed E-state index contributed by atoms with van der Waals surface area (Å²) in [6, 6.07) is 0.466. The normalized spacial score (nSPS) is 30.0. The van der Waals surface area contributed by atoms with Crippen LogP contribution in [-0.4, -0.2) is 17.5 Å². The average molecular weight is 159 g/mol. The van der Waals surface area contributed by atoms with Crippen molar-refractivity contribution in [1.82, 2.24) is 0 Å². The van der Waals surface area contributed by atoms with Crippen molar-refractivity contribution < 1.29 is 0 Å². The molecule has 1 heterocycles. The summed E-state index contributed by atoms with van der Waals surface area (Å²) in [6.07, 6.45) is 3.89. The monoisotopic (exact) mass is 159 g/mol. The Bertz CT molecular complexity index is 89.3. The molecule has 1 saturated heterocycles. The van der Waals surface area contributed by atoms with Gasteiger partial charge in [-0.25, -0.2) is 0 Å². The number of thioether (sulfide) groups is 1. The predicted molar refractivity (Wildman–Crippen MR) is 48.3 cm³/mol. The van der Waals surface area contributed by atoms with Gasteiger partial charge in [0.05, 0.1) is 0 Å². The van der Waals surface area contributed by atoms with E-state index in [1.165, 1.54) is 24.3 Å². The van der Waals surface area contributed by atoms with Crippen LogP contribution in [0.2, 0.25) is 0 Å². The molecule has 1 aliphatic heterocycles. The second-order valence-electron chi connectivity index (χ2n) is 3.05. The van der Waals surface area contributed by atoms with Crippen LogP contribution in [0.4, 0.5) is 0 Å². The van der Waals surface area contributed by atoms with E-state index in [9.17, 15) is 0 Å². The predicted octanol–water partition coefficient (Wildman–Crippen LogP) is 1.87. The van der Waals surface area contributed by atoms with Gasteiger partial charge in [-0.1, -0.05) is 6.92 Å². The molecule has 60 valence electrons. The first-order valence-electron chi connectivity index (χ1n) is 4.18. The third-order valence-electron chi connectivity index (χ3n) is 2.27. The van der Waals surface area contributed by atoms with Crippen molar-refractivity contribution in [3.05, 3.63) is 0 Å². The zero-order valence-corrected chi connectivity index (χ0v) is 7.49. The summed E-state index contributed by atoms with van der Waals surface area (Å²) in [4.78, 5) is 0. The molecule has 0 aliphatic carbocycles. The quantitative estimate of drug-likeness (QED) is 0.665. The number of nitrogens with two attached hydrogens (primary N) is 1. The van der Waals surface area contributed by atoms with Gasteiger partial charge in [-0.3, -0.25) is 0 Å². The Balaban J connectivity index is 2.24. The molecule has 0 bridgehead atoms. The maximum atomic E-state index is 5.93. The molecular formula is C8H17NS. The lowest BCUT2D eigenvalue weighted by Crippen LogP contribution is -2.32. The molecule has 0 saturated carbocycles. The highest BCUT2D eigenvalue weighted by Gasteiger charge is 2.18. The third-order valence-corrected chi connectivity index (χ3v) is 3.51. The first-order valence-corrected chi connectivity index (χ1v) is 5.33. The fraction of sp³-hybridized carbons (Fsp3) is 1.00. The van der Waals surface area contributed by atoms with Crippen LogP contribution in [0.5, 0.6) is 0 Å². The maximum Gasteiger partial charge on any atom is 0.00724 e. The van der Waals surface area contributed by atoms with E-state index >= 15 is 0 Å². The molecule has 1 fully saturated rings. The van der Waals surface area contributed by atoms with E-state index in [0.29, 0.717) is 6.04 Å². The first kappa shape index (κ1) is 8.41. The van der Waals surface area contributed by atoms with Crippen molar-refractivity contribution in [2.24, 2.45) is 11.7 Å². The number of hydrogen-bond acceptors (Lipinski definition) is 2.